The summed E-state index contributed by atoms with van der Waals surface area (Å²) in [5.74, 6) is 0. The van der Waals surface area contributed by atoms with Crippen LogP contribution in [0.4, 0.5) is 0 Å². The average Bonchev–Trinajstić information content (AvgIpc) is 1.80. The Labute approximate surface area is 59.1 Å². The Morgan fingerprint density at radius 3 is 2.20 bits per heavy atom. The van der Waals surface area contributed by atoms with Crippen molar-refractivity contribution in [2.45, 2.75) is 18.3 Å². The van der Waals surface area contributed by atoms with E-state index >= 15 is 0 Å². The van der Waals surface area contributed by atoms with Gasteiger partial charge in [0.15, 0.2) is 5.44 Å². The lowest BCUT2D eigenvalue weighted by Gasteiger charge is -2.03. The van der Waals surface area contributed by atoms with Crippen LogP contribution in [-0.2, 0) is 10.1 Å². The predicted octanol–water partition coefficient (Wildman–Crippen LogP) is -1.03. The molecule has 1 atom stereocenters. The molecule has 62 valence electrons. The van der Waals surface area contributed by atoms with Crippen molar-refractivity contribution in [3.05, 3.63) is 0 Å². The van der Waals surface area contributed by atoms with Gasteiger partial charge in [-0.25, -0.2) is 0 Å². The maximum Gasteiger partial charge on any atom is 0.291 e. The number of rotatable bonds is 4. The molecule has 0 amide bonds. The second-order valence-electron chi connectivity index (χ2n) is 1.84. The highest BCUT2D eigenvalue weighted by molar-refractivity contribution is 7.86. The van der Waals surface area contributed by atoms with E-state index in [1.54, 1.807) is 0 Å². The van der Waals surface area contributed by atoms with Gasteiger partial charge in [0.1, 0.15) is 0 Å². The van der Waals surface area contributed by atoms with Crippen molar-refractivity contribution in [1.82, 2.24) is 0 Å². The van der Waals surface area contributed by atoms with Gasteiger partial charge in [-0.1, -0.05) is 0 Å². The van der Waals surface area contributed by atoms with E-state index in [1.165, 1.54) is 0 Å². The van der Waals surface area contributed by atoms with Crippen LogP contribution < -0.4 is 0 Å². The van der Waals surface area contributed by atoms with Crippen LogP contribution in [0, 0.1) is 0 Å². The van der Waals surface area contributed by atoms with Crippen molar-refractivity contribution in [2.75, 3.05) is 6.61 Å². The monoisotopic (exact) mass is 170 g/mol. The van der Waals surface area contributed by atoms with Crippen molar-refractivity contribution >= 4 is 10.1 Å². The van der Waals surface area contributed by atoms with Crippen LogP contribution >= 0.6 is 0 Å². The molecule has 5 nitrogen and oxygen atoms in total. The number of hydrogen-bond donors (Lipinski definition) is 3. The first-order chi connectivity index (χ1) is 4.48. The molecule has 3 N–H and O–H groups in total. The second kappa shape index (κ2) is 3.87. The summed E-state index contributed by atoms with van der Waals surface area (Å²) in [6, 6.07) is 0. The van der Waals surface area contributed by atoms with Crippen LogP contribution in [0.1, 0.15) is 12.8 Å². The maximum atomic E-state index is 10.1. The molecule has 0 saturated carbocycles. The molecule has 0 aromatic carbocycles. The molecule has 0 aliphatic heterocycles. The van der Waals surface area contributed by atoms with E-state index in [4.69, 9.17) is 14.8 Å². The topological polar surface area (TPSA) is 94.8 Å². The van der Waals surface area contributed by atoms with E-state index in [1.807, 2.05) is 0 Å². The minimum absolute atomic E-state index is 0.144. The van der Waals surface area contributed by atoms with Crippen LogP contribution in [0.15, 0.2) is 0 Å². The molecule has 0 fully saturated rings. The van der Waals surface area contributed by atoms with Gasteiger partial charge in [0, 0.05) is 6.61 Å². The normalized spacial score (nSPS) is 15.1. The molecule has 0 aliphatic carbocycles. The van der Waals surface area contributed by atoms with Crippen LogP contribution in [0.25, 0.3) is 0 Å². The van der Waals surface area contributed by atoms with E-state index in [9.17, 15) is 8.42 Å². The standard InChI is InChI=1S/C4H10O5S/c5-3-1-2-4(6)10(7,8)9/h4-6H,1-3H2,(H,7,8,9). The van der Waals surface area contributed by atoms with Crippen LogP contribution in [0.3, 0.4) is 0 Å². The summed E-state index contributed by atoms with van der Waals surface area (Å²) in [6.07, 6.45) is 0.0102. The largest absolute Gasteiger partial charge is 0.396 e. The van der Waals surface area contributed by atoms with Gasteiger partial charge >= 0.3 is 0 Å². The first-order valence-electron chi connectivity index (χ1n) is 2.73. The summed E-state index contributed by atoms with van der Waals surface area (Å²) in [5, 5.41) is 16.8. The second-order valence-corrected chi connectivity index (χ2v) is 3.41. The van der Waals surface area contributed by atoms with Crippen LogP contribution in [0.5, 0.6) is 0 Å². The maximum absolute atomic E-state index is 10.1. The molecule has 0 saturated heterocycles. The number of aliphatic hydroxyl groups excluding tert-OH is 2. The Morgan fingerprint density at radius 1 is 1.40 bits per heavy atom. The van der Waals surface area contributed by atoms with Crippen molar-refractivity contribution in [3.8, 4) is 0 Å². The minimum Gasteiger partial charge on any atom is -0.396 e. The van der Waals surface area contributed by atoms with Gasteiger partial charge in [-0.15, -0.1) is 0 Å². The predicted molar refractivity (Wildman–Crippen MR) is 33.9 cm³/mol. The fraction of sp³-hybridized carbons (Fsp3) is 1.00. The lowest BCUT2D eigenvalue weighted by Crippen LogP contribution is -2.19. The highest BCUT2D eigenvalue weighted by Crippen LogP contribution is 2.01. The zero-order chi connectivity index (χ0) is 8.20. The molecule has 0 rings (SSSR count). The fourth-order valence-electron chi connectivity index (χ4n) is 0.415. The zero-order valence-electron chi connectivity index (χ0n) is 5.27. The molecule has 0 aromatic heterocycles. The minimum atomic E-state index is -4.33. The van der Waals surface area contributed by atoms with Gasteiger partial charge in [0.05, 0.1) is 0 Å². The summed E-state index contributed by atoms with van der Waals surface area (Å²) < 4.78 is 28.3. The van der Waals surface area contributed by atoms with Gasteiger partial charge in [0.2, 0.25) is 0 Å². The Balaban J connectivity index is 3.75. The average molecular weight is 170 g/mol. The molecule has 0 radical (unpaired) electrons. The van der Waals surface area contributed by atoms with Gasteiger partial charge in [-0.3, -0.25) is 4.55 Å². The SMILES string of the molecule is O=S(=O)(O)C(O)CCCO. The summed E-state index contributed by atoms with van der Waals surface area (Å²) in [4.78, 5) is 0. The highest BCUT2D eigenvalue weighted by Gasteiger charge is 2.17. The number of aliphatic hydroxyl groups is 2. The zero-order valence-corrected chi connectivity index (χ0v) is 6.08. The Hall–Kier alpha value is -0.170. The first kappa shape index (κ1) is 9.83. The van der Waals surface area contributed by atoms with Crippen LogP contribution in [0.2, 0.25) is 0 Å². The first-order valence-corrected chi connectivity index (χ1v) is 4.24. The number of hydrogen-bond acceptors (Lipinski definition) is 4. The van der Waals surface area contributed by atoms with Gasteiger partial charge in [-0.05, 0) is 12.8 Å². The quantitative estimate of drug-likeness (QED) is 0.469. The third-order valence-electron chi connectivity index (χ3n) is 0.953. The summed E-state index contributed by atoms with van der Waals surface area (Å²) in [6.45, 7) is -0.202. The Bertz CT molecular complexity index is 172. The Morgan fingerprint density at radius 2 is 1.90 bits per heavy atom. The molecular formula is C4H10O5S. The third-order valence-corrected chi connectivity index (χ3v) is 1.88. The van der Waals surface area contributed by atoms with Crippen molar-refractivity contribution in [1.29, 1.82) is 0 Å². The molecular weight excluding hydrogens is 160 g/mol. The molecule has 10 heavy (non-hydrogen) atoms. The molecule has 1 unspecified atom stereocenters. The highest BCUT2D eigenvalue weighted by atomic mass is 32.2. The van der Waals surface area contributed by atoms with Gasteiger partial charge < -0.3 is 10.2 Å². The molecule has 0 aliphatic rings. The van der Waals surface area contributed by atoms with Crippen molar-refractivity contribution in [3.63, 3.8) is 0 Å². The third kappa shape index (κ3) is 3.78. The van der Waals surface area contributed by atoms with E-state index in [0.717, 1.165) is 0 Å². The molecule has 0 heterocycles. The smallest absolute Gasteiger partial charge is 0.291 e. The summed E-state index contributed by atoms with van der Waals surface area (Å²) in [7, 11) is -4.33. The molecule has 0 spiro atoms. The van der Waals surface area contributed by atoms with E-state index in [0.29, 0.717) is 0 Å². The van der Waals surface area contributed by atoms with Gasteiger partial charge in [-0.2, -0.15) is 8.42 Å². The lowest BCUT2D eigenvalue weighted by atomic mass is 10.3. The van der Waals surface area contributed by atoms with Gasteiger partial charge in [0.25, 0.3) is 10.1 Å². The molecule has 6 heteroatoms. The molecule has 0 bridgehead atoms. The summed E-state index contributed by atoms with van der Waals surface area (Å²) in [5.41, 5.74) is -1.76. The van der Waals surface area contributed by atoms with Crippen molar-refractivity contribution in [2.24, 2.45) is 0 Å². The lowest BCUT2D eigenvalue weighted by molar-refractivity contribution is 0.201. The Kier molecular flexibility index (Phi) is 3.80. The molecule has 0 aromatic rings. The van der Waals surface area contributed by atoms with E-state index in [2.05, 4.69) is 0 Å². The van der Waals surface area contributed by atoms with E-state index < -0.39 is 15.6 Å². The van der Waals surface area contributed by atoms with E-state index in [-0.39, 0.29) is 19.4 Å². The van der Waals surface area contributed by atoms with Crippen LogP contribution in [-0.4, -0.2) is 35.2 Å². The fourth-order valence-corrected chi connectivity index (χ4v) is 0.879. The van der Waals surface area contributed by atoms with Crippen molar-refractivity contribution < 1.29 is 23.2 Å². The summed E-state index contributed by atoms with van der Waals surface area (Å²) >= 11 is 0.